The van der Waals surface area contributed by atoms with Gasteiger partial charge >= 0.3 is 0 Å². The molecule has 0 aromatic heterocycles. The number of hydrogen-bond acceptors (Lipinski definition) is 6. The van der Waals surface area contributed by atoms with E-state index in [1.54, 1.807) is 12.1 Å². The summed E-state index contributed by atoms with van der Waals surface area (Å²) < 4.78 is 11.0. The van der Waals surface area contributed by atoms with Crippen LogP contribution in [0.25, 0.3) is 21.9 Å². The van der Waals surface area contributed by atoms with Crippen LogP contribution in [0.2, 0.25) is 0 Å². The van der Waals surface area contributed by atoms with Crippen LogP contribution in [0.3, 0.4) is 0 Å². The number of aliphatic hydroxyl groups is 2. The molecule has 0 radical (unpaired) electrons. The van der Waals surface area contributed by atoms with Gasteiger partial charge in [-0.15, -0.1) is 0 Å². The largest absolute Gasteiger partial charge is 0.454 e. The van der Waals surface area contributed by atoms with Crippen LogP contribution in [0, 0.1) is 0 Å². The Kier molecular flexibility index (Phi) is 4.64. The van der Waals surface area contributed by atoms with Gasteiger partial charge in [0, 0.05) is 29.9 Å². The molecule has 1 aliphatic carbocycles. The van der Waals surface area contributed by atoms with Crippen molar-refractivity contribution in [2.24, 2.45) is 0 Å². The zero-order valence-corrected chi connectivity index (χ0v) is 16.9. The molecule has 31 heavy (non-hydrogen) atoms. The fourth-order valence-corrected chi connectivity index (χ4v) is 4.56. The van der Waals surface area contributed by atoms with Gasteiger partial charge < -0.3 is 25.0 Å². The van der Waals surface area contributed by atoms with E-state index in [1.165, 1.54) is 6.92 Å². The standard InChI is InChI=1S/C24H21NO6/c1-12(28)25-24-16-3-4-19(29)23(16)22(13-2-5-20-21(8-13)31-11-30-20)17-6-14(9-26)15(10-27)7-18(17)24/h2,5-8,26-27H,3-4,9-11H2,1H3,(H,25,28). The van der Waals surface area contributed by atoms with Crippen molar-refractivity contribution in [2.45, 2.75) is 33.0 Å². The molecular formula is C24H21NO6. The van der Waals surface area contributed by atoms with Gasteiger partial charge in [0.2, 0.25) is 12.7 Å². The van der Waals surface area contributed by atoms with Crippen LogP contribution < -0.4 is 14.8 Å². The van der Waals surface area contributed by atoms with Crippen molar-refractivity contribution < 1.29 is 29.3 Å². The van der Waals surface area contributed by atoms with E-state index in [4.69, 9.17) is 9.47 Å². The lowest BCUT2D eigenvalue weighted by atomic mass is 9.87. The molecule has 0 saturated heterocycles. The fraction of sp³-hybridized carbons (Fsp3) is 0.250. The van der Waals surface area contributed by atoms with E-state index in [0.29, 0.717) is 46.7 Å². The normalized spacial score (nSPS) is 14.2. The first-order valence-corrected chi connectivity index (χ1v) is 10.1. The number of fused-ring (bicyclic) bond motifs is 3. The van der Waals surface area contributed by atoms with Crippen molar-refractivity contribution in [3.63, 3.8) is 0 Å². The van der Waals surface area contributed by atoms with E-state index in [-0.39, 0.29) is 31.7 Å². The van der Waals surface area contributed by atoms with Gasteiger partial charge in [-0.25, -0.2) is 0 Å². The highest BCUT2D eigenvalue weighted by Gasteiger charge is 2.31. The highest BCUT2D eigenvalue weighted by Crippen LogP contribution is 2.47. The Morgan fingerprint density at radius 2 is 1.68 bits per heavy atom. The maximum absolute atomic E-state index is 13.0. The molecule has 1 aliphatic heterocycles. The number of carbonyl (C=O) groups excluding carboxylic acids is 2. The zero-order valence-electron chi connectivity index (χ0n) is 16.9. The Labute approximate surface area is 178 Å². The van der Waals surface area contributed by atoms with Crippen molar-refractivity contribution in [3.05, 3.63) is 52.6 Å². The molecule has 5 rings (SSSR count). The number of rotatable bonds is 4. The average molecular weight is 419 g/mol. The topological polar surface area (TPSA) is 105 Å². The first-order chi connectivity index (χ1) is 15.0. The van der Waals surface area contributed by atoms with Gasteiger partial charge in [-0.2, -0.15) is 0 Å². The summed E-state index contributed by atoms with van der Waals surface area (Å²) in [5.74, 6) is 1.01. The Bertz CT molecular complexity index is 1260. The van der Waals surface area contributed by atoms with Crippen LogP contribution >= 0.6 is 0 Å². The summed E-state index contributed by atoms with van der Waals surface area (Å²) >= 11 is 0. The molecule has 7 nitrogen and oxygen atoms in total. The van der Waals surface area contributed by atoms with Gasteiger partial charge in [0.05, 0.1) is 18.9 Å². The van der Waals surface area contributed by atoms with Gasteiger partial charge in [0.15, 0.2) is 17.3 Å². The minimum atomic E-state index is -0.257. The number of ether oxygens (including phenoxy) is 2. The number of carbonyl (C=O) groups is 2. The predicted molar refractivity (Wildman–Crippen MR) is 114 cm³/mol. The second-order valence-electron chi connectivity index (χ2n) is 7.76. The summed E-state index contributed by atoms with van der Waals surface area (Å²) in [4.78, 5) is 25.0. The molecule has 3 aromatic rings. The van der Waals surface area contributed by atoms with E-state index in [1.807, 2.05) is 18.2 Å². The highest BCUT2D eigenvalue weighted by atomic mass is 16.7. The molecule has 0 spiro atoms. The lowest BCUT2D eigenvalue weighted by Crippen LogP contribution is -2.11. The predicted octanol–water partition coefficient (Wildman–Crippen LogP) is 3.31. The molecule has 0 fully saturated rings. The lowest BCUT2D eigenvalue weighted by Gasteiger charge is -2.20. The van der Waals surface area contributed by atoms with Crippen molar-refractivity contribution in [3.8, 4) is 22.6 Å². The minimum absolute atomic E-state index is 0.00736. The molecule has 0 bridgehead atoms. The Hall–Kier alpha value is -3.42. The molecule has 158 valence electrons. The number of Topliss-reactive ketones (excluding diaryl/α,β-unsaturated/α-hetero) is 1. The summed E-state index contributed by atoms with van der Waals surface area (Å²) in [6, 6.07) is 9.11. The maximum Gasteiger partial charge on any atom is 0.231 e. The minimum Gasteiger partial charge on any atom is -0.454 e. The van der Waals surface area contributed by atoms with E-state index in [2.05, 4.69) is 5.32 Å². The summed E-state index contributed by atoms with van der Waals surface area (Å²) in [5.41, 5.74) is 4.62. The average Bonchev–Trinajstić information content (AvgIpc) is 3.39. The molecule has 7 heteroatoms. The molecular weight excluding hydrogens is 398 g/mol. The van der Waals surface area contributed by atoms with Gasteiger partial charge in [-0.3, -0.25) is 9.59 Å². The smallest absolute Gasteiger partial charge is 0.231 e. The number of nitrogens with one attached hydrogen (secondary N) is 1. The molecule has 3 N–H and O–H groups in total. The molecule has 1 amide bonds. The van der Waals surface area contributed by atoms with Gasteiger partial charge in [-0.05, 0) is 58.3 Å². The molecule has 3 aromatic carbocycles. The SMILES string of the molecule is CC(=O)Nc1c2c(c(-c3ccc4c(c3)OCO4)c3cc(CO)c(CO)cc13)C(=O)CC2. The van der Waals surface area contributed by atoms with Crippen molar-refractivity contribution in [2.75, 3.05) is 12.1 Å². The van der Waals surface area contributed by atoms with Crippen LogP contribution in [0.15, 0.2) is 30.3 Å². The van der Waals surface area contributed by atoms with Gasteiger partial charge in [0.25, 0.3) is 0 Å². The molecule has 0 atom stereocenters. The third-order valence-corrected chi connectivity index (χ3v) is 5.92. The van der Waals surface area contributed by atoms with Crippen LogP contribution in [-0.4, -0.2) is 28.7 Å². The molecule has 1 heterocycles. The second kappa shape index (κ2) is 7.37. The molecule has 2 aliphatic rings. The van der Waals surface area contributed by atoms with E-state index in [0.717, 1.165) is 27.5 Å². The quantitative estimate of drug-likeness (QED) is 0.599. The molecule has 0 saturated carbocycles. The van der Waals surface area contributed by atoms with E-state index >= 15 is 0 Å². The number of anilines is 1. The Balaban J connectivity index is 1.91. The van der Waals surface area contributed by atoms with E-state index < -0.39 is 0 Å². The van der Waals surface area contributed by atoms with Gasteiger partial charge in [0.1, 0.15) is 0 Å². The maximum atomic E-state index is 13.0. The summed E-state index contributed by atoms with van der Waals surface area (Å²) in [6.45, 7) is 1.07. The number of amides is 1. The first kappa shape index (κ1) is 19.5. The Morgan fingerprint density at radius 3 is 2.39 bits per heavy atom. The van der Waals surface area contributed by atoms with Crippen molar-refractivity contribution in [1.82, 2.24) is 0 Å². The first-order valence-electron chi connectivity index (χ1n) is 10.1. The summed E-state index contributed by atoms with van der Waals surface area (Å²) in [5, 5.41) is 24.0. The number of ketones is 1. The highest BCUT2D eigenvalue weighted by molar-refractivity contribution is 6.19. The summed E-state index contributed by atoms with van der Waals surface area (Å²) in [6.07, 6.45) is 0.878. The van der Waals surface area contributed by atoms with Crippen molar-refractivity contribution in [1.29, 1.82) is 0 Å². The summed E-state index contributed by atoms with van der Waals surface area (Å²) in [7, 11) is 0. The third-order valence-electron chi connectivity index (χ3n) is 5.92. The van der Waals surface area contributed by atoms with Crippen LogP contribution in [0.4, 0.5) is 5.69 Å². The Morgan fingerprint density at radius 1 is 0.968 bits per heavy atom. The number of hydrogen-bond donors (Lipinski definition) is 3. The third kappa shape index (κ3) is 3.05. The number of aliphatic hydroxyl groups excluding tert-OH is 2. The van der Waals surface area contributed by atoms with Crippen LogP contribution in [0.1, 0.15) is 40.4 Å². The van der Waals surface area contributed by atoms with Crippen LogP contribution in [-0.2, 0) is 24.4 Å². The second-order valence-corrected chi connectivity index (χ2v) is 7.76. The van der Waals surface area contributed by atoms with Crippen LogP contribution in [0.5, 0.6) is 11.5 Å². The number of benzene rings is 3. The van der Waals surface area contributed by atoms with E-state index in [9.17, 15) is 19.8 Å². The van der Waals surface area contributed by atoms with Crippen molar-refractivity contribution >= 4 is 28.2 Å². The zero-order chi connectivity index (χ0) is 21.7. The monoisotopic (exact) mass is 419 g/mol. The fourth-order valence-electron chi connectivity index (χ4n) is 4.56. The lowest BCUT2D eigenvalue weighted by molar-refractivity contribution is -0.114. The molecule has 0 unspecified atom stereocenters. The van der Waals surface area contributed by atoms with Gasteiger partial charge in [-0.1, -0.05) is 6.07 Å².